The van der Waals surface area contributed by atoms with Crippen LogP contribution in [0.1, 0.15) is 15.9 Å². The molecule has 0 amide bonds. The van der Waals surface area contributed by atoms with Crippen molar-refractivity contribution in [1.82, 2.24) is 0 Å². The number of methoxy groups -OCH3 is 1. The zero-order valence-corrected chi connectivity index (χ0v) is 12.2. The number of carbonyl (C=O) groups is 1. The van der Waals surface area contributed by atoms with E-state index in [-0.39, 0.29) is 5.78 Å². The second-order valence-electron chi connectivity index (χ2n) is 3.80. The van der Waals surface area contributed by atoms with Crippen LogP contribution in [0.4, 0.5) is 0 Å². The van der Waals surface area contributed by atoms with Crippen LogP contribution < -0.4 is 4.74 Å². The van der Waals surface area contributed by atoms with E-state index in [0.29, 0.717) is 31.9 Å². The lowest BCUT2D eigenvalue weighted by Crippen LogP contribution is -2.02. The first-order chi connectivity index (χ1) is 9.02. The first-order valence-electron chi connectivity index (χ1n) is 5.36. The summed E-state index contributed by atoms with van der Waals surface area (Å²) in [4.78, 5) is 12.3. The molecule has 0 N–H and O–H groups in total. The van der Waals surface area contributed by atoms with E-state index in [9.17, 15) is 4.79 Å². The Morgan fingerprint density at radius 1 is 1.00 bits per heavy atom. The fraction of sp³-hybridized carbons (Fsp3) is 0.0714. The third kappa shape index (κ3) is 3.03. The number of benzene rings is 2. The molecule has 0 aliphatic carbocycles. The van der Waals surface area contributed by atoms with Gasteiger partial charge in [-0.25, -0.2) is 0 Å². The molecule has 0 saturated carbocycles. The largest absolute Gasteiger partial charge is 0.495 e. The molecule has 2 aromatic rings. The van der Waals surface area contributed by atoms with Crippen molar-refractivity contribution in [3.63, 3.8) is 0 Å². The molecule has 0 atom stereocenters. The normalized spacial score (nSPS) is 10.3. The van der Waals surface area contributed by atoms with Crippen molar-refractivity contribution < 1.29 is 9.53 Å². The molecule has 0 spiro atoms. The maximum Gasteiger partial charge on any atom is 0.194 e. The average molecular weight is 316 g/mol. The summed E-state index contributed by atoms with van der Waals surface area (Å²) < 4.78 is 5.04. The zero-order valence-electron chi connectivity index (χ0n) is 9.91. The Kier molecular flexibility index (Phi) is 4.35. The first kappa shape index (κ1) is 14.2. The molecular weight excluding hydrogens is 307 g/mol. The predicted octanol–water partition coefficient (Wildman–Crippen LogP) is 4.89. The van der Waals surface area contributed by atoms with Gasteiger partial charge >= 0.3 is 0 Å². The highest BCUT2D eigenvalue weighted by atomic mass is 35.5. The maximum atomic E-state index is 12.3. The van der Waals surface area contributed by atoms with Crippen LogP contribution in [0.2, 0.25) is 15.1 Å². The number of halogens is 3. The summed E-state index contributed by atoms with van der Waals surface area (Å²) in [5.74, 6) is 0.271. The van der Waals surface area contributed by atoms with Gasteiger partial charge in [-0.3, -0.25) is 4.79 Å². The van der Waals surface area contributed by atoms with Gasteiger partial charge in [-0.05, 0) is 36.4 Å². The van der Waals surface area contributed by atoms with Crippen LogP contribution in [0.15, 0.2) is 36.4 Å². The molecular formula is C14H9Cl3O2. The molecule has 0 aromatic heterocycles. The summed E-state index contributed by atoms with van der Waals surface area (Å²) in [5, 5.41) is 1.17. The molecule has 0 unspecified atom stereocenters. The lowest BCUT2D eigenvalue weighted by molar-refractivity contribution is 0.103. The molecule has 0 bridgehead atoms. The van der Waals surface area contributed by atoms with Gasteiger partial charge in [0.15, 0.2) is 5.78 Å². The van der Waals surface area contributed by atoms with Crippen LogP contribution in [0, 0.1) is 0 Å². The van der Waals surface area contributed by atoms with Gasteiger partial charge in [0.1, 0.15) is 5.75 Å². The molecule has 0 heterocycles. The number of hydrogen-bond acceptors (Lipinski definition) is 2. The Hall–Kier alpha value is -1.22. The van der Waals surface area contributed by atoms with Gasteiger partial charge in [0.25, 0.3) is 0 Å². The molecule has 0 fully saturated rings. The number of ketones is 1. The fourth-order valence-corrected chi connectivity index (χ4v) is 2.27. The first-order valence-corrected chi connectivity index (χ1v) is 6.49. The van der Waals surface area contributed by atoms with Crippen LogP contribution >= 0.6 is 34.8 Å². The SMILES string of the molecule is COc1ccc(C(=O)c2cc(Cl)ccc2Cl)cc1Cl. The van der Waals surface area contributed by atoms with Crippen LogP contribution in [0.3, 0.4) is 0 Å². The van der Waals surface area contributed by atoms with Crippen molar-refractivity contribution >= 4 is 40.6 Å². The second-order valence-corrected chi connectivity index (χ2v) is 5.05. The minimum Gasteiger partial charge on any atom is -0.495 e. The van der Waals surface area contributed by atoms with E-state index in [2.05, 4.69) is 0 Å². The van der Waals surface area contributed by atoms with Crippen LogP contribution in [-0.2, 0) is 0 Å². The van der Waals surface area contributed by atoms with Gasteiger partial charge in [0, 0.05) is 16.1 Å². The van der Waals surface area contributed by atoms with Gasteiger partial charge < -0.3 is 4.74 Å². The van der Waals surface area contributed by atoms with Gasteiger partial charge in [-0.1, -0.05) is 34.8 Å². The van der Waals surface area contributed by atoms with Gasteiger partial charge in [0.2, 0.25) is 0 Å². The fourth-order valence-electron chi connectivity index (χ4n) is 1.63. The maximum absolute atomic E-state index is 12.3. The van der Waals surface area contributed by atoms with Crippen molar-refractivity contribution in [3.8, 4) is 5.75 Å². The highest BCUT2D eigenvalue weighted by Crippen LogP contribution is 2.28. The predicted molar refractivity (Wildman–Crippen MR) is 77.9 cm³/mol. The quantitative estimate of drug-likeness (QED) is 0.754. The summed E-state index contributed by atoms with van der Waals surface area (Å²) in [7, 11) is 1.51. The Bertz CT molecular complexity index is 639. The molecule has 0 saturated heterocycles. The topological polar surface area (TPSA) is 26.3 Å². The van der Waals surface area contributed by atoms with Crippen molar-refractivity contribution in [2.45, 2.75) is 0 Å². The Morgan fingerprint density at radius 2 is 1.74 bits per heavy atom. The van der Waals surface area contributed by atoms with E-state index in [1.807, 2.05) is 0 Å². The smallest absolute Gasteiger partial charge is 0.194 e. The lowest BCUT2D eigenvalue weighted by atomic mass is 10.0. The monoisotopic (exact) mass is 314 g/mol. The van der Waals surface area contributed by atoms with Gasteiger partial charge in [-0.2, -0.15) is 0 Å². The standard InChI is InChI=1S/C14H9Cl3O2/c1-19-13-5-2-8(6-12(13)17)14(18)10-7-9(15)3-4-11(10)16/h2-7H,1H3. The van der Waals surface area contributed by atoms with Crippen LogP contribution in [-0.4, -0.2) is 12.9 Å². The van der Waals surface area contributed by atoms with Gasteiger partial charge in [0.05, 0.1) is 17.2 Å². The number of carbonyl (C=O) groups excluding carboxylic acids is 1. The molecule has 0 radical (unpaired) electrons. The summed E-state index contributed by atoms with van der Waals surface area (Å²) in [6.45, 7) is 0. The minimum atomic E-state index is -0.239. The van der Waals surface area contributed by atoms with E-state index in [4.69, 9.17) is 39.5 Å². The van der Waals surface area contributed by atoms with Crippen molar-refractivity contribution in [2.24, 2.45) is 0 Å². The van der Waals surface area contributed by atoms with E-state index in [1.54, 1.807) is 30.3 Å². The van der Waals surface area contributed by atoms with Crippen LogP contribution in [0.5, 0.6) is 5.75 Å². The zero-order chi connectivity index (χ0) is 14.0. The highest BCUT2D eigenvalue weighted by molar-refractivity contribution is 6.37. The molecule has 0 aliphatic heterocycles. The van der Waals surface area contributed by atoms with Crippen molar-refractivity contribution in [1.29, 1.82) is 0 Å². The summed E-state index contributed by atoms with van der Waals surface area (Å²) in [6.07, 6.45) is 0. The van der Waals surface area contributed by atoms with Crippen molar-refractivity contribution in [2.75, 3.05) is 7.11 Å². The Labute approximate surface area is 125 Å². The Balaban J connectivity index is 2.44. The number of ether oxygens (including phenoxy) is 1. The molecule has 2 rings (SSSR count). The molecule has 2 aromatic carbocycles. The third-order valence-corrected chi connectivity index (χ3v) is 3.45. The lowest BCUT2D eigenvalue weighted by Gasteiger charge is -2.07. The van der Waals surface area contributed by atoms with E-state index < -0.39 is 0 Å². The van der Waals surface area contributed by atoms with E-state index in [1.165, 1.54) is 13.2 Å². The van der Waals surface area contributed by atoms with E-state index in [0.717, 1.165) is 0 Å². The molecule has 5 heteroatoms. The molecule has 19 heavy (non-hydrogen) atoms. The summed E-state index contributed by atoms with van der Waals surface area (Å²) in [6, 6.07) is 9.55. The third-order valence-electron chi connectivity index (χ3n) is 2.59. The summed E-state index contributed by atoms with van der Waals surface area (Å²) >= 11 is 17.9. The van der Waals surface area contributed by atoms with Crippen LogP contribution in [0.25, 0.3) is 0 Å². The number of rotatable bonds is 3. The minimum absolute atomic E-state index is 0.239. The van der Waals surface area contributed by atoms with Crippen molar-refractivity contribution in [3.05, 3.63) is 62.6 Å². The summed E-state index contributed by atoms with van der Waals surface area (Å²) in [5.41, 5.74) is 0.769. The average Bonchev–Trinajstić information content (AvgIpc) is 2.40. The molecule has 2 nitrogen and oxygen atoms in total. The molecule has 98 valence electrons. The second kappa shape index (κ2) is 5.83. The van der Waals surface area contributed by atoms with Gasteiger partial charge in [-0.15, -0.1) is 0 Å². The number of hydrogen-bond donors (Lipinski definition) is 0. The molecule has 0 aliphatic rings. The Morgan fingerprint density at radius 3 is 2.37 bits per heavy atom. The van der Waals surface area contributed by atoms with E-state index >= 15 is 0 Å². The highest BCUT2D eigenvalue weighted by Gasteiger charge is 2.15.